The lowest BCUT2D eigenvalue weighted by Crippen LogP contribution is -1.87. The van der Waals surface area contributed by atoms with E-state index < -0.39 is 0 Å². The zero-order valence-corrected chi connectivity index (χ0v) is 7.77. The molecule has 3 heteroatoms. The summed E-state index contributed by atoms with van der Waals surface area (Å²) < 4.78 is 13.2. The van der Waals surface area contributed by atoms with Gasteiger partial charge in [-0.15, -0.1) is 0 Å². The van der Waals surface area contributed by atoms with E-state index in [9.17, 15) is 4.39 Å². The summed E-state index contributed by atoms with van der Waals surface area (Å²) >= 11 is 5.86. The van der Waals surface area contributed by atoms with Crippen molar-refractivity contribution < 1.29 is 4.39 Å². The third kappa shape index (κ3) is 1.27. The molecule has 0 amide bonds. The van der Waals surface area contributed by atoms with E-state index in [1.165, 1.54) is 12.3 Å². The standard InChI is InChI=1S/C10H7ClFN/c1-6-7-3-2-4-9(12)10(7)13-5-8(6)11/h2-5H,1H3. The van der Waals surface area contributed by atoms with Crippen LogP contribution in [0, 0.1) is 12.7 Å². The molecule has 0 aliphatic heterocycles. The number of aromatic nitrogens is 1. The van der Waals surface area contributed by atoms with Crippen LogP contribution in [0.5, 0.6) is 0 Å². The van der Waals surface area contributed by atoms with Crippen LogP contribution >= 0.6 is 11.6 Å². The van der Waals surface area contributed by atoms with Crippen LogP contribution in [0.2, 0.25) is 5.02 Å². The first kappa shape index (κ1) is 8.45. The van der Waals surface area contributed by atoms with E-state index in [0.29, 0.717) is 10.5 Å². The third-order valence-corrected chi connectivity index (χ3v) is 2.44. The van der Waals surface area contributed by atoms with Crippen molar-refractivity contribution in [1.29, 1.82) is 0 Å². The van der Waals surface area contributed by atoms with Gasteiger partial charge < -0.3 is 0 Å². The number of halogens is 2. The van der Waals surface area contributed by atoms with Gasteiger partial charge in [-0.3, -0.25) is 4.98 Å². The van der Waals surface area contributed by atoms with E-state index in [2.05, 4.69) is 4.98 Å². The number of pyridine rings is 1. The molecule has 0 bridgehead atoms. The molecule has 0 saturated heterocycles. The molecule has 66 valence electrons. The fourth-order valence-electron chi connectivity index (χ4n) is 1.30. The number of rotatable bonds is 0. The van der Waals surface area contributed by atoms with Crippen molar-refractivity contribution in [3.05, 3.63) is 40.8 Å². The highest BCUT2D eigenvalue weighted by Gasteiger charge is 2.05. The molecule has 1 nitrogen and oxygen atoms in total. The molecule has 2 aromatic rings. The number of aryl methyl sites for hydroxylation is 1. The average molecular weight is 196 g/mol. The third-order valence-electron chi connectivity index (χ3n) is 2.06. The maximum Gasteiger partial charge on any atom is 0.149 e. The monoisotopic (exact) mass is 195 g/mol. The van der Waals surface area contributed by atoms with Crippen LogP contribution in [-0.4, -0.2) is 4.98 Å². The first-order valence-corrected chi connectivity index (χ1v) is 4.27. The van der Waals surface area contributed by atoms with E-state index in [1.54, 1.807) is 6.07 Å². The van der Waals surface area contributed by atoms with Gasteiger partial charge in [-0.2, -0.15) is 0 Å². The summed E-state index contributed by atoms with van der Waals surface area (Å²) in [5.41, 5.74) is 1.25. The van der Waals surface area contributed by atoms with Crippen molar-refractivity contribution in [1.82, 2.24) is 4.98 Å². The van der Waals surface area contributed by atoms with Crippen molar-refractivity contribution in [2.45, 2.75) is 6.92 Å². The highest BCUT2D eigenvalue weighted by atomic mass is 35.5. The number of fused-ring (bicyclic) bond motifs is 1. The normalized spacial score (nSPS) is 10.7. The molecule has 0 atom stereocenters. The molecular weight excluding hydrogens is 189 g/mol. The summed E-state index contributed by atoms with van der Waals surface area (Å²) in [5.74, 6) is -0.308. The lowest BCUT2D eigenvalue weighted by Gasteiger charge is -2.03. The van der Waals surface area contributed by atoms with Gasteiger partial charge in [-0.05, 0) is 18.6 Å². The minimum Gasteiger partial charge on any atom is -0.252 e. The summed E-state index contributed by atoms with van der Waals surface area (Å²) in [7, 11) is 0. The Bertz CT molecular complexity index is 468. The van der Waals surface area contributed by atoms with Gasteiger partial charge in [0.25, 0.3) is 0 Å². The van der Waals surface area contributed by atoms with Crippen LogP contribution in [0.3, 0.4) is 0 Å². The molecule has 0 N–H and O–H groups in total. The summed E-state index contributed by atoms with van der Waals surface area (Å²) in [5, 5.41) is 1.34. The summed E-state index contributed by atoms with van der Waals surface area (Å²) in [6.07, 6.45) is 1.47. The predicted molar refractivity (Wildman–Crippen MR) is 51.4 cm³/mol. The number of hydrogen-bond donors (Lipinski definition) is 0. The molecule has 0 radical (unpaired) electrons. The molecule has 0 aliphatic carbocycles. The minimum atomic E-state index is -0.308. The van der Waals surface area contributed by atoms with Crippen molar-refractivity contribution in [3.63, 3.8) is 0 Å². The number of hydrogen-bond acceptors (Lipinski definition) is 1. The molecular formula is C10H7ClFN. The van der Waals surface area contributed by atoms with Crippen LogP contribution in [-0.2, 0) is 0 Å². The number of nitrogens with zero attached hydrogens (tertiary/aromatic N) is 1. The molecule has 13 heavy (non-hydrogen) atoms. The molecule has 0 unspecified atom stereocenters. The predicted octanol–water partition coefficient (Wildman–Crippen LogP) is 3.34. The highest BCUT2D eigenvalue weighted by molar-refractivity contribution is 6.32. The first-order valence-electron chi connectivity index (χ1n) is 3.89. The van der Waals surface area contributed by atoms with Crippen molar-refractivity contribution in [2.75, 3.05) is 0 Å². The van der Waals surface area contributed by atoms with Crippen LogP contribution in [0.4, 0.5) is 4.39 Å². The van der Waals surface area contributed by atoms with Crippen LogP contribution in [0.1, 0.15) is 5.56 Å². The largest absolute Gasteiger partial charge is 0.252 e. The van der Waals surface area contributed by atoms with Crippen molar-refractivity contribution in [3.8, 4) is 0 Å². The lowest BCUT2D eigenvalue weighted by atomic mass is 10.1. The topological polar surface area (TPSA) is 12.9 Å². The molecule has 0 aliphatic rings. The molecule has 0 saturated carbocycles. The van der Waals surface area contributed by atoms with Crippen molar-refractivity contribution in [2.24, 2.45) is 0 Å². The van der Waals surface area contributed by atoms with Crippen LogP contribution < -0.4 is 0 Å². The molecule has 1 aromatic heterocycles. The zero-order valence-electron chi connectivity index (χ0n) is 7.01. The Kier molecular flexibility index (Phi) is 1.93. The second-order valence-electron chi connectivity index (χ2n) is 2.87. The summed E-state index contributed by atoms with van der Waals surface area (Å²) in [4.78, 5) is 3.93. The fraction of sp³-hybridized carbons (Fsp3) is 0.100. The SMILES string of the molecule is Cc1c(Cl)cnc2c(F)cccc12. The summed E-state index contributed by atoms with van der Waals surface area (Å²) in [6.45, 7) is 1.85. The Hall–Kier alpha value is -1.15. The minimum absolute atomic E-state index is 0.308. The van der Waals surface area contributed by atoms with Gasteiger partial charge in [0.05, 0.1) is 5.02 Å². The first-order chi connectivity index (χ1) is 6.20. The Morgan fingerprint density at radius 3 is 2.92 bits per heavy atom. The second-order valence-corrected chi connectivity index (χ2v) is 3.27. The van der Waals surface area contributed by atoms with Gasteiger partial charge in [-0.25, -0.2) is 4.39 Å². The van der Waals surface area contributed by atoms with Gasteiger partial charge in [-0.1, -0.05) is 23.7 Å². The average Bonchev–Trinajstić information content (AvgIpc) is 2.12. The maximum atomic E-state index is 13.2. The molecule has 0 fully saturated rings. The van der Waals surface area contributed by atoms with Gasteiger partial charge in [0.2, 0.25) is 0 Å². The zero-order chi connectivity index (χ0) is 9.42. The van der Waals surface area contributed by atoms with Gasteiger partial charge in [0, 0.05) is 11.6 Å². The maximum absolute atomic E-state index is 13.2. The Labute approximate surface area is 80.2 Å². The van der Waals surface area contributed by atoms with E-state index in [1.807, 2.05) is 13.0 Å². The molecule has 0 spiro atoms. The van der Waals surface area contributed by atoms with Gasteiger partial charge in [0.1, 0.15) is 11.3 Å². The quantitative estimate of drug-likeness (QED) is 0.628. The fourth-order valence-corrected chi connectivity index (χ4v) is 1.45. The van der Waals surface area contributed by atoms with E-state index in [4.69, 9.17) is 11.6 Å². The number of benzene rings is 1. The van der Waals surface area contributed by atoms with Crippen LogP contribution in [0.25, 0.3) is 10.9 Å². The number of para-hydroxylation sites is 1. The van der Waals surface area contributed by atoms with Crippen LogP contribution in [0.15, 0.2) is 24.4 Å². The smallest absolute Gasteiger partial charge is 0.149 e. The van der Waals surface area contributed by atoms with Crippen molar-refractivity contribution >= 4 is 22.5 Å². The van der Waals surface area contributed by atoms with E-state index >= 15 is 0 Å². The Balaban J connectivity index is 2.94. The van der Waals surface area contributed by atoms with E-state index in [-0.39, 0.29) is 5.82 Å². The Morgan fingerprint density at radius 2 is 2.15 bits per heavy atom. The highest BCUT2D eigenvalue weighted by Crippen LogP contribution is 2.24. The molecule has 1 heterocycles. The Morgan fingerprint density at radius 1 is 1.38 bits per heavy atom. The lowest BCUT2D eigenvalue weighted by molar-refractivity contribution is 0.637. The van der Waals surface area contributed by atoms with E-state index in [0.717, 1.165) is 10.9 Å². The molecule has 1 aromatic carbocycles. The summed E-state index contributed by atoms with van der Waals surface area (Å²) in [6, 6.07) is 4.86. The van der Waals surface area contributed by atoms with Gasteiger partial charge >= 0.3 is 0 Å². The molecule has 2 rings (SSSR count). The second kappa shape index (κ2) is 2.96. The van der Waals surface area contributed by atoms with Gasteiger partial charge in [0.15, 0.2) is 0 Å².